The van der Waals surface area contributed by atoms with Gasteiger partial charge in [-0.05, 0) is 18.3 Å². The maximum absolute atomic E-state index is 11.9. The maximum atomic E-state index is 11.9. The van der Waals surface area contributed by atoms with Crippen molar-refractivity contribution < 1.29 is 9.59 Å². The molecule has 2 fully saturated rings. The number of nitrogens with one attached hydrogen (secondary N) is 1. The van der Waals surface area contributed by atoms with Gasteiger partial charge in [-0.2, -0.15) is 0 Å². The zero-order valence-corrected chi connectivity index (χ0v) is 9.98. The molecule has 0 aromatic carbocycles. The molecular formula is C10H14BrNO2. The summed E-state index contributed by atoms with van der Waals surface area (Å²) >= 11 is 3.42. The highest BCUT2D eigenvalue weighted by Crippen LogP contribution is 2.59. The molecule has 1 aliphatic carbocycles. The summed E-state index contributed by atoms with van der Waals surface area (Å²) in [6, 6.07) is 0. The van der Waals surface area contributed by atoms with Gasteiger partial charge < -0.3 is 0 Å². The van der Waals surface area contributed by atoms with Crippen molar-refractivity contribution in [2.24, 2.45) is 16.7 Å². The lowest BCUT2D eigenvalue weighted by Crippen LogP contribution is -2.59. The number of hydrogen-bond donors (Lipinski definition) is 1. The third kappa shape index (κ3) is 0.926. The van der Waals surface area contributed by atoms with E-state index in [1.807, 2.05) is 13.8 Å². The Morgan fingerprint density at radius 1 is 1.50 bits per heavy atom. The lowest BCUT2D eigenvalue weighted by molar-refractivity contribution is -0.150. The SMILES string of the molecule is CC1(C)C2CCC1(CBr)C(=O)NC2=O. The second kappa shape index (κ2) is 2.81. The quantitative estimate of drug-likeness (QED) is 0.573. The summed E-state index contributed by atoms with van der Waals surface area (Å²) < 4.78 is 0. The summed E-state index contributed by atoms with van der Waals surface area (Å²) in [6.07, 6.45) is 1.64. The van der Waals surface area contributed by atoms with Crippen LogP contribution in [0.4, 0.5) is 0 Å². The number of alkyl halides is 1. The van der Waals surface area contributed by atoms with Gasteiger partial charge in [-0.25, -0.2) is 0 Å². The Morgan fingerprint density at radius 2 is 2.14 bits per heavy atom. The minimum absolute atomic E-state index is 0.00208. The lowest BCUT2D eigenvalue weighted by atomic mass is 9.63. The van der Waals surface area contributed by atoms with E-state index in [0.717, 1.165) is 12.8 Å². The highest BCUT2D eigenvalue weighted by Gasteiger charge is 2.63. The molecule has 2 amide bonds. The van der Waals surface area contributed by atoms with Crippen molar-refractivity contribution in [1.29, 1.82) is 0 Å². The zero-order chi connectivity index (χ0) is 10.6. The van der Waals surface area contributed by atoms with E-state index in [1.54, 1.807) is 0 Å². The smallest absolute Gasteiger partial charge is 0.234 e. The van der Waals surface area contributed by atoms with Crippen molar-refractivity contribution in [3.8, 4) is 0 Å². The summed E-state index contributed by atoms with van der Waals surface area (Å²) in [6.45, 7) is 4.06. The summed E-state index contributed by atoms with van der Waals surface area (Å²) in [5.74, 6) is -0.190. The molecule has 2 unspecified atom stereocenters. The van der Waals surface area contributed by atoms with Crippen molar-refractivity contribution in [1.82, 2.24) is 5.32 Å². The van der Waals surface area contributed by atoms with E-state index in [1.165, 1.54) is 0 Å². The number of fused-ring (bicyclic) bond motifs is 2. The number of halogens is 1. The van der Waals surface area contributed by atoms with Gasteiger partial charge in [0.1, 0.15) is 0 Å². The number of imide groups is 1. The third-order valence-corrected chi connectivity index (χ3v) is 5.14. The highest BCUT2D eigenvalue weighted by atomic mass is 79.9. The zero-order valence-electron chi connectivity index (χ0n) is 8.39. The Hall–Kier alpha value is -0.380. The Kier molecular flexibility index (Phi) is 2.04. The van der Waals surface area contributed by atoms with Crippen molar-refractivity contribution in [3.63, 3.8) is 0 Å². The number of carbonyl (C=O) groups excluding carboxylic acids is 2. The normalized spacial score (nSPS) is 39.8. The second-order valence-corrected chi connectivity index (χ2v) is 5.41. The van der Waals surface area contributed by atoms with Gasteiger partial charge in [0.25, 0.3) is 0 Å². The fraction of sp³-hybridized carbons (Fsp3) is 0.800. The molecule has 1 saturated carbocycles. The Bertz CT molecular complexity index is 313. The van der Waals surface area contributed by atoms with Crippen molar-refractivity contribution in [2.45, 2.75) is 26.7 Å². The highest BCUT2D eigenvalue weighted by molar-refractivity contribution is 9.09. The molecule has 3 nitrogen and oxygen atoms in total. The summed E-state index contributed by atoms with van der Waals surface area (Å²) in [4.78, 5) is 23.5. The molecule has 2 rings (SSSR count). The van der Waals surface area contributed by atoms with Gasteiger partial charge >= 0.3 is 0 Å². The molecular weight excluding hydrogens is 246 g/mol. The molecule has 2 atom stereocenters. The fourth-order valence-electron chi connectivity index (χ4n) is 2.89. The predicted molar refractivity (Wildman–Crippen MR) is 55.9 cm³/mol. The molecule has 1 heterocycles. The van der Waals surface area contributed by atoms with Crippen LogP contribution in [0.25, 0.3) is 0 Å². The molecule has 1 saturated heterocycles. The van der Waals surface area contributed by atoms with Crippen LogP contribution in [0.3, 0.4) is 0 Å². The molecule has 78 valence electrons. The number of rotatable bonds is 1. The van der Waals surface area contributed by atoms with E-state index in [0.29, 0.717) is 5.33 Å². The topological polar surface area (TPSA) is 46.2 Å². The van der Waals surface area contributed by atoms with Gasteiger partial charge in [-0.3, -0.25) is 14.9 Å². The number of piperidine rings is 1. The largest absolute Gasteiger partial charge is 0.296 e. The predicted octanol–water partition coefficient (Wildman–Crippen LogP) is 1.46. The number of amides is 2. The second-order valence-electron chi connectivity index (χ2n) is 4.85. The summed E-state index contributed by atoms with van der Waals surface area (Å²) in [5.41, 5.74) is -0.596. The molecule has 14 heavy (non-hydrogen) atoms. The monoisotopic (exact) mass is 259 g/mol. The van der Waals surface area contributed by atoms with E-state index >= 15 is 0 Å². The molecule has 2 bridgehead atoms. The fourth-order valence-corrected chi connectivity index (χ4v) is 4.15. The summed E-state index contributed by atoms with van der Waals surface area (Å²) in [7, 11) is 0. The third-order valence-electron chi connectivity index (χ3n) is 4.18. The average molecular weight is 260 g/mol. The van der Waals surface area contributed by atoms with Crippen LogP contribution < -0.4 is 5.32 Å². The number of carbonyl (C=O) groups is 2. The molecule has 0 aromatic heterocycles. The maximum Gasteiger partial charge on any atom is 0.234 e. The van der Waals surface area contributed by atoms with Gasteiger partial charge in [0.2, 0.25) is 11.8 Å². The van der Waals surface area contributed by atoms with Crippen LogP contribution in [0.1, 0.15) is 26.7 Å². The van der Waals surface area contributed by atoms with Crippen LogP contribution in [0.15, 0.2) is 0 Å². The molecule has 1 N–H and O–H groups in total. The Labute approximate surface area is 91.8 Å². The molecule has 2 aliphatic rings. The van der Waals surface area contributed by atoms with Crippen LogP contribution in [0.2, 0.25) is 0 Å². The lowest BCUT2D eigenvalue weighted by Gasteiger charge is -2.44. The standard InChI is InChI=1S/C10H14BrNO2/c1-9(2)6-3-4-10(9,5-11)8(14)12-7(6)13/h6H,3-5H2,1-2H3,(H,12,13,14). The molecule has 1 aliphatic heterocycles. The summed E-state index contributed by atoms with van der Waals surface area (Å²) in [5, 5.41) is 3.12. The van der Waals surface area contributed by atoms with Crippen LogP contribution in [0, 0.1) is 16.7 Å². The van der Waals surface area contributed by atoms with Gasteiger partial charge in [0.15, 0.2) is 0 Å². The molecule has 0 spiro atoms. The molecule has 4 heteroatoms. The van der Waals surface area contributed by atoms with Crippen LogP contribution in [0.5, 0.6) is 0 Å². The Balaban J connectivity index is 2.51. The Morgan fingerprint density at radius 3 is 2.71 bits per heavy atom. The van der Waals surface area contributed by atoms with E-state index in [9.17, 15) is 9.59 Å². The van der Waals surface area contributed by atoms with E-state index in [-0.39, 0.29) is 28.6 Å². The minimum atomic E-state index is -0.383. The van der Waals surface area contributed by atoms with Crippen molar-refractivity contribution >= 4 is 27.7 Å². The van der Waals surface area contributed by atoms with Crippen LogP contribution >= 0.6 is 15.9 Å². The first-order valence-electron chi connectivity index (χ1n) is 4.87. The average Bonchev–Trinajstić information content (AvgIpc) is 2.27. The van der Waals surface area contributed by atoms with E-state index in [2.05, 4.69) is 21.2 Å². The van der Waals surface area contributed by atoms with Crippen LogP contribution in [-0.4, -0.2) is 17.1 Å². The first-order valence-corrected chi connectivity index (χ1v) is 5.99. The number of hydrogen-bond acceptors (Lipinski definition) is 2. The van der Waals surface area contributed by atoms with Gasteiger partial charge in [0, 0.05) is 11.2 Å². The minimum Gasteiger partial charge on any atom is -0.296 e. The van der Waals surface area contributed by atoms with Gasteiger partial charge in [0.05, 0.1) is 5.41 Å². The first kappa shape index (κ1) is 10.1. The van der Waals surface area contributed by atoms with Crippen molar-refractivity contribution in [2.75, 3.05) is 5.33 Å². The van der Waals surface area contributed by atoms with E-state index < -0.39 is 0 Å². The molecule has 0 aromatic rings. The van der Waals surface area contributed by atoms with E-state index in [4.69, 9.17) is 0 Å². The molecule has 0 radical (unpaired) electrons. The first-order chi connectivity index (χ1) is 6.45. The van der Waals surface area contributed by atoms with Gasteiger partial charge in [-0.15, -0.1) is 0 Å². The van der Waals surface area contributed by atoms with Crippen LogP contribution in [-0.2, 0) is 9.59 Å². The van der Waals surface area contributed by atoms with Gasteiger partial charge in [-0.1, -0.05) is 29.8 Å². The van der Waals surface area contributed by atoms with Crippen molar-refractivity contribution in [3.05, 3.63) is 0 Å².